The molecule has 0 bridgehead atoms. The van der Waals surface area contributed by atoms with Crippen LogP contribution in [-0.4, -0.2) is 23.5 Å². The van der Waals surface area contributed by atoms with E-state index in [1.54, 1.807) is 43.0 Å². The molecule has 1 aliphatic rings. The van der Waals surface area contributed by atoms with Crippen LogP contribution in [0.1, 0.15) is 25.0 Å². The number of aliphatic hydroxyl groups is 1. The van der Waals surface area contributed by atoms with Crippen molar-refractivity contribution in [3.05, 3.63) is 71.5 Å². The molecule has 2 aromatic carbocycles. The Morgan fingerprint density at radius 3 is 2.28 bits per heavy atom. The van der Waals surface area contributed by atoms with E-state index in [9.17, 15) is 15.0 Å². The lowest BCUT2D eigenvalue weighted by Crippen LogP contribution is -2.41. The smallest absolute Gasteiger partial charge is 0.137 e. The zero-order chi connectivity index (χ0) is 18.2. The minimum absolute atomic E-state index is 0.148. The van der Waals surface area contributed by atoms with E-state index in [-0.39, 0.29) is 18.1 Å². The van der Waals surface area contributed by atoms with E-state index >= 15 is 0 Å². The first-order valence-electron chi connectivity index (χ1n) is 7.98. The summed E-state index contributed by atoms with van der Waals surface area (Å²) < 4.78 is 0. The van der Waals surface area contributed by atoms with Crippen LogP contribution in [-0.2, 0) is 10.2 Å². The van der Waals surface area contributed by atoms with E-state index in [2.05, 4.69) is 0 Å². The fourth-order valence-corrected chi connectivity index (χ4v) is 2.88. The zero-order valence-electron chi connectivity index (χ0n) is 14.1. The summed E-state index contributed by atoms with van der Waals surface area (Å²) in [5.74, 6) is -0.772. The third-order valence-electron chi connectivity index (χ3n) is 4.58. The fraction of sp³-hybridized carbons (Fsp3) is 0.200. The third kappa shape index (κ3) is 2.89. The summed E-state index contributed by atoms with van der Waals surface area (Å²) in [6, 6.07) is 16.3. The molecule has 0 spiro atoms. The van der Waals surface area contributed by atoms with Gasteiger partial charge in [-0.05, 0) is 23.3 Å². The lowest BCUT2D eigenvalue weighted by Gasteiger charge is -2.27. The van der Waals surface area contributed by atoms with Gasteiger partial charge in [0.2, 0.25) is 0 Å². The fourth-order valence-electron chi connectivity index (χ4n) is 2.88. The summed E-state index contributed by atoms with van der Waals surface area (Å²) in [4.78, 5) is 13.0. The van der Waals surface area contributed by atoms with Crippen molar-refractivity contribution in [2.24, 2.45) is 0 Å². The Labute approximate surface area is 146 Å². The van der Waals surface area contributed by atoms with Gasteiger partial charge in [-0.3, -0.25) is 5.41 Å². The van der Waals surface area contributed by atoms with Crippen LogP contribution < -0.4 is 10.0 Å². The van der Waals surface area contributed by atoms with Gasteiger partial charge in [0.15, 0.2) is 0 Å². The topological polar surface area (TPSA) is 87.4 Å². The summed E-state index contributed by atoms with van der Waals surface area (Å²) in [5, 5.41) is 30.0. The average Bonchev–Trinajstić information content (AvgIpc) is 2.90. The SMILES string of the molecule is CC(C)(C(=O)[O-])c1ccc(N2CC(O)=C(c3ccccc3)C2=N)cc1. The number of anilines is 1. The number of nitrogens with one attached hydrogen (secondary N) is 1. The Hall–Kier alpha value is -3.08. The zero-order valence-corrected chi connectivity index (χ0v) is 14.1. The number of carbonyl (C=O) groups is 1. The van der Waals surface area contributed by atoms with Crippen LogP contribution >= 0.6 is 0 Å². The van der Waals surface area contributed by atoms with Gasteiger partial charge in [0.1, 0.15) is 11.6 Å². The van der Waals surface area contributed by atoms with E-state index < -0.39 is 11.4 Å². The van der Waals surface area contributed by atoms with Crippen molar-refractivity contribution < 1.29 is 15.0 Å². The molecule has 0 saturated carbocycles. The maximum atomic E-state index is 11.3. The molecule has 0 aliphatic carbocycles. The second kappa shape index (κ2) is 6.09. The molecule has 0 unspecified atom stereocenters. The van der Waals surface area contributed by atoms with Crippen LogP contribution in [0.15, 0.2) is 60.4 Å². The molecule has 0 radical (unpaired) electrons. The first-order valence-corrected chi connectivity index (χ1v) is 7.98. The Balaban J connectivity index is 1.88. The van der Waals surface area contributed by atoms with Crippen LogP contribution in [0.3, 0.4) is 0 Å². The monoisotopic (exact) mass is 335 g/mol. The summed E-state index contributed by atoms with van der Waals surface area (Å²) in [5.41, 5.74) is 1.57. The maximum absolute atomic E-state index is 11.3. The number of aliphatic carboxylic acids is 1. The predicted octanol–water partition coefficient (Wildman–Crippen LogP) is 2.48. The molecule has 128 valence electrons. The number of carboxylic acid groups (broad SMARTS) is 1. The molecule has 0 aromatic heterocycles. The Morgan fingerprint density at radius 1 is 1.12 bits per heavy atom. The van der Waals surface area contributed by atoms with Crippen LogP contribution in [0, 0.1) is 5.41 Å². The van der Waals surface area contributed by atoms with Gasteiger partial charge in [-0.25, -0.2) is 0 Å². The Kier molecular flexibility index (Phi) is 4.08. The number of nitrogens with zero attached hydrogens (tertiary/aromatic N) is 1. The van der Waals surface area contributed by atoms with Crippen molar-refractivity contribution >= 4 is 23.1 Å². The van der Waals surface area contributed by atoms with Gasteiger partial charge in [-0.15, -0.1) is 0 Å². The second-order valence-electron chi connectivity index (χ2n) is 6.58. The van der Waals surface area contributed by atoms with E-state index in [0.717, 1.165) is 11.3 Å². The number of carboxylic acids is 1. The number of rotatable bonds is 4. The predicted molar refractivity (Wildman–Crippen MR) is 95.5 cm³/mol. The summed E-state index contributed by atoms with van der Waals surface area (Å²) in [6.07, 6.45) is 0. The summed E-state index contributed by atoms with van der Waals surface area (Å²) in [7, 11) is 0. The van der Waals surface area contributed by atoms with Gasteiger partial charge in [-0.1, -0.05) is 56.3 Å². The van der Waals surface area contributed by atoms with Crippen molar-refractivity contribution in [2.75, 3.05) is 11.4 Å². The largest absolute Gasteiger partial charge is 0.549 e. The third-order valence-corrected chi connectivity index (χ3v) is 4.58. The molecule has 0 saturated heterocycles. The maximum Gasteiger partial charge on any atom is 0.137 e. The molecule has 5 nitrogen and oxygen atoms in total. The van der Waals surface area contributed by atoms with Crippen molar-refractivity contribution in [3.63, 3.8) is 0 Å². The highest BCUT2D eigenvalue weighted by atomic mass is 16.4. The molecular formula is C20H19N2O3-. The molecule has 0 atom stereocenters. The molecule has 0 amide bonds. The van der Waals surface area contributed by atoms with Crippen molar-refractivity contribution in [1.29, 1.82) is 5.41 Å². The van der Waals surface area contributed by atoms with Gasteiger partial charge in [0.25, 0.3) is 0 Å². The number of hydrogen-bond donors (Lipinski definition) is 2. The minimum atomic E-state index is -1.14. The number of amidine groups is 1. The molecule has 1 heterocycles. The summed E-state index contributed by atoms with van der Waals surface area (Å²) >= 11 is 0. The molecule has 0 fully saturated rings. The average molecular weight is 335 g/mol. The Bertz CT molecular complexity index is 852. The van der Waals surface area contributed by atoms with Gasteiger partial charge < -0.3 is 19.9 Å². The van der Waals surface area contributed by atoms with Crippen LogP contribution in [0.5, 0.6) is 0 Å². The van der Waals surface area contributed by atoms with Gasteiger partial charge in [-0.2, -0.15) is 0 Å². The Morgan fingerprint density at radius 2 is 1.72 bits per heavy atom. The number of carbonyl (C=O) groups excluding carboxylic acids is 1. The minimum Gasteiger partial charge on any atom is -0.549 e. The molecular weight excluding hydrogens is 316 g/mol. The highest BCUT2D eigenvalue weighted by Gasteiger charge is 2.29. The van der Waals surface area contributed by atoms with Gasteiger partial charge in [0.05, 0.1) is 18.1 Å². The van der Waals surface area contributed by atoms with Crippen molar-refractivity contribution in [1.82, 2.24) is 0 Å². The number of hydrogen-bond acceptors (Lipinski definition) is 4. The van der Waals surface area contributed by atoms with Crippen LogP contribution in [0.4, 0.5) is 5.69 Å². The normalized spacial score (nSPS) is 15.0. The molecule has 1 aliphatic heterocycles. The lowest BCUT2D eigenvalue weighted by molar-refractivity contribution is -0.312. The first kappa shape index (κ1) is 16.8. The molecule has 2 aromatic rings. The van der Waals surface area contributed by atoms with Gasteiger partial charge >= 0.3 is 0 Å². The highest BCUT2D eigenvalue weighted by Crippen LogP contribution is 2.32. The van der Waals surface area contributed by atoms with Gasteiger partial charge in [0, 0.05) is 11.1 Å². The van der Waals surface area contributed by atoms with Crippen LogP contribution in [0.2, 0.25) is 0 Å². The molecule has 25 heavy (non-hydrogen) atoms. The highest BCUT2D eigenvalue weighted by molar-refractivity contribution is 6.30. The quantitative estimate of drug-likeness (QED) is 0.898. The molecule has 2 N–H and O–H groups in total. The van der Waals surface area contributed by atoms with Crippen LogP contribution in [0.25, 0.3) is 5.57 Å². The lowest BCUT2D eigenvalue weighted by atomic mass is 9.85. The van der Waals surface area contributed by atoms with E-state index in [0.29, 0.717) is 11.1 Å². The second-order valence-corrected chi connectivity index (χ2v) is 6.58. The summed E-state index contributed by atoms with van der Waals surface area (Å²) in [6.45, 7) is 3.40. The van der Waals surface area contributed by atoms with Crippen molar-refractivity contribution in [3.8, 4) is 0 Å². The van der Waals surface area contributed by atoms with Crippen molar-refractivity contribution in [2.45, 2.75) is 19.3 Å². The van der Waals surface area contributed by atoms with E-state index in [4.69, 9.17) is 5.41 Å². The number of aliphatic hydroxyl groups excluding tert-OH is 1. The van der Waals surface area contributed by atoms with E-state index in [1.807, 2.05) is 30.3 Å². The standard InChI is InChI=1S/C20H20N2O3/c1-20(2,19(24)25)14-8-10-15(11-9-14)22-12-16(23)17(18(22)21)13-6-4-3-5-7-13/h3-11,21,23H,12H2,1-2H3,(H,24,25)/p-1. The van der Waals surface area contributed by atoms with E-state index in [1.165, 1.54) is 0 Å². The molecule has 5 heteroatoms. The first-order chi connectivity index (χ1) is 11.8. The molecule has 3 rings (SSSR count). The number of benzene rings is 2.